The van der Waals surface area contributed by atoms with Crippen LogP contribution in [0.3, 0.4) is 0 Å². The third-order valence-electron chi connectivity index (χ3n) is 3.85. The van der Waals surface area contributed by atoms with Gasteiger partial charge in [-0.3, -0.25) is 4.79 Å². The number of amides is 3. The van der Waals surface area contributed by atoms with E-state index in [4.69, 9.17) is 0 Å². The van der Waals surface area contributed by atoms with Crippen molar-refractivity contribution in [2.24, 2.45) is 0 Å². The maximum absolute atomic E-state index is 11.9. The molecule has 8 nitrogen and oxygen atoms in total. The van der Waals surface area contributed by atoms with Crippen LogP contribution < -0.4 is 15.5 Å². The lowest BCUT2D eigenvalue weighted by Gasteiger charge is -2.19. The number of urea groups is 1. The number of hydrogen-bond acceptors (Lipinski definition) is 5. The molecule has 3 rings (SSSR count). The Kier molecular flexibility index (Phi) is 5.54. The van der Waals surface area contributed by atoms with Crippen LogP contribution >= 0.6 is 11.8 Å². The molecule has 0 aliphatic carbocycles. The van der Waals surface area contributed by atoms with Gasteiger partial charge in [-0.15, -0.1) is 16.9 Å². The SMILES string of the molecule is Cc1cc(NC(=O)NCCSc2cn[nH]n2)ccc1N1CCCC1=O. The van der Waals surface area contributed by atoms with Crippen LogP contribution in [0.4, 0.5) is 16.2 Å². The topological polar surface area (TPSA) is 103 Å². The largest absolute Gasteiger partial charge is 0.337 e. The van der Waals surface area contributed by atoms with Gasteiger partial charge in [0.25, 0.3) is 0 Å². The first kappa shape index (κ1) is 17.3. The number of carbonyl (C=O) groups is 2. The summed E-state index contributed by atoms with van der Waals surface area (Å²) in [6.07, 6.45) is 3.14. The van der Waals surface area contributed by atoms with Gasteiger partial charge in [0.1, 0.15) is 5.03 Å². The monoisotopic (exact) mass is 360 g/mol. The molecule has 132 valence electrons. The van der Waals surface area contributed by atoms with E-state index in [-0.39, 0.29) is 11.9 Å². The quantitative estimate of drug-likeness (QED) is 0.541. The van der Waals surface area contributed by atoms with Crippen molar-refractivity contribution in [3.63, 3.8) is 0 Å². The summed E-state index contributed by atoms with van der Waals surface area (Å²) in [6, 6.07) is 5.32. The number of hydrogen-bond donors (Lipinski definition) is 3. The van der Waals surface area contributed by atoms with Gasteiger partial charge in [-0.2, -0.15) is 10.3 Å². The minimum absolute atomic E-state index is 0.158. The highest BCUT2D eigenvalue weighted by Crippen LogP contribution is 2.27. The summed E-state index contributed by atoms with van der Waals surface area (Å²) < 4.78 is 0. The van der Waals surface area contributed by atoms with Crippen LogP contribution in [0.2, 0.25) is 0 Å². The molecule has 1 aromatic heterocycles. The normalized spacial score (nSPS) is 14.0. The minimum atomic E-state index is -0.259. The Morgan fingerprint density at radius 1 is 1.44 bits per heavy atom. The highest BCUT2D eigenvalue weighted by Gasteiger charge is 2.22. The van der Waals surface area contributed by atoms with E-state index < -0.39 is 0 Å². The predicted molar refractivity (Wildman–Crippen MR) is 96.9 cm³/mol. The molecule has 0 atom stereocenters. The summed E-state index contributed by atoms with van der Waals surface area (Å²) in [7, 11) is 0. The second kappa shape index (κ2) is 8.02. The number of carbonyl (C=O) groups excluding carboxylic acids is 2. The number of nitrogens with zero attached hydrogens (tertiary/aromatic N) is 3. The van der Waals surface area contributed by atoms with Crippen LogP contribution in [0.25, 0.3) is 0 Å². The van der Waals surface area contributed by atoms with E-state index in [9.17, 15) is 9.59 Å². The molecule has 2 aromatic rings. The van der Waals surface area contributed by atoms with Gasteiger partial charge in [-0.1, -0.05) is 0 Å². The number of anilines is 2. The fraction of sp³-hybridized carbons (Fsp3) is 0.375. The van der Waals surface area contributed by atoms with Gasteiger partial charge in [0, 0.05) is 36.6 Å². The van der Waals surface area contributed by atoms with Gasteiger partial charge < -0.3 is 15.5 Å². The lowest BCUT2D eigenvalue weighted by atomic mass is 10.1. The average molecular weight is 360 g/mol. The first-order valence-corrected chi connectivity index (χ1v) is 9.06. The molecule has 9 heteroatoms. The number of benzene rings is 1. The van der Waals surface area contributed by atoms with Crippen LogP contribution in [-0.4, -0.2) is 46.2 Å². The molecule has 1 aliphatic rings. The third kappa shape index (κ3) is 4.50. The zero-order valence-electron chi connectivity index (χ0n) is 13.9. The van der Waals surface area contributed by atoms with Crippen molar-refractivity contribution >= 4 is 35.1 Å². The third-order valence-corrected chi connectivity index (χ3v) is 4.75. The standard InChI is InChI=1S/C16H20N6O2S/c1-11-9-12(4-5-13(11)22-7-2-3-15(22)23)19-16(24)17-6-8-25-14-10-18-21-20-14/h4-5,9-10H,2-3,6-8H2,1H3,(H2,17,19,24)(H,18,20,21). The Hall–Kier alpha value is -2.55. The van der Waals surface area contributed by atoms with Crippen molar-refractivity contribution in [1.82, 2.24) is 20.7 Å². The number of aryl methyl sites for hydroxylation is 1. The van der Waals surface area contributed by atoms with E-state index in [1.54, 1.807) is 11.1 Å². The molecule has 0 saturated carbocycles. The van der Waals surface area contributed by atoms with Gasteiger partial charge in [0.2, 0.25) is 5.91 Å². The van der Waals surface area contributed by atoms with E-state index in [0.717, 1.165) is 29.2 Å². The zero-order chi connectivity index (χ0) is 17.6. The molecule has 0 radical (unpaired) electrons. The second-order valence-electron chi connectivity index (χ2n) is 5.69. The first-order valence-electron chi connectivity index (χ1n) is 8.08. The molecule has 0 spiro atoms. The summed E-state index contributed by atoms with van der Waals surface area (Å²) in [5.74, 6) is 0.862. The molecule has 3 N–H and O–H groups in total. The molecule has 1 aromatic carbocycles. The van der Waals surface area contributed by atoms with Crippen LogP contribution in [0.15, 0.2) is 29.4 Å². The second-order valence-corrected chi connectivity index (χ2v) is 6.80. The minimum Gasteiger partial charge on any atom is -0.337 e. The van der Waals surface area contributed by atoms with E-state index in [0.29, 0.717) is 24.4 Å². The fourth-order valence-electron chi connectivity index (χ4n) is 2.70. The average Bonchev–Trinajstić information content (AvgIpc) is 3.24. The smallest absolute Gasteiger partial charge is 0.319 e. The Morgan fingerprint density at radius 3 is 3.00 bits per heavy atom. The van der Waals surface area contributed by atoms with Crippen LogP contribution in [0, 0.1) is 6.92 Å². The molecular formula is C16H20N6O2S. The molecule has 25 heavy (non-hydrogen) atoms. The maximum atomic E-state index is 11.9. The molecule has 1 saturated heterocycles. The summed E-state index contributed by atoms with van der Waals surface area (Å²) in [6.45, 7) is 3.22. The molecule has 1 aliphatic heterocycles. The lowest BCUT2D eigenvalue weighted by Crippen LogP contribution is -2.30. The van der Waals surface area contributed by atoms with Crippen molar-refractivity contribution in [3.8, 4) is 0 Å². The van der Waals surface area contributed by atoms with E-state index in [2.05, 4.69) is 26.0 Å². The zero-order valence-corrected chi connectivity index (χ0v) is 14.7. The lowest BCUT2D eigenvalue weighted by molar-refractivity contribution is -0.117. The molecule has 0 unspecified atom stereocenters. The van der Waals surface area contributed by atoms with E-state index >= 15 is 0 Å². The van der Waals surface area contributed by atoms with Gasteiger partial charge in [0.15, 0.2) is 0 Å². The van der Waals surface area contributed by atoms with Gasteiger partial charge in [-0.25, -0.2) is 4.79 Å². The van der Waals surface area contributed by atoms with Crippen molar-refractivity contribution in [2.75, 3.05) is 29.1 Å². The summed E-state index contributed by atoms with van der Waals surface area (Å²) in [5, 5.41) is 16.6. The number of rotatable bonds is 6. The van der Waals surface area contributed by atoms with Crippen LogP contribution in [0.1, 0.15) is 18.4 Å². The maximum Gasteiger partial charge on any atom is 0.319 e. The van der Waals surface area contributed by atoms with E-state index in [1.807, 2.05) is 25.1 Å². The molecule has 3 amide bonds. The Bertz CT molecular complexity index is 749. The van der Waals surface area contributed by atoms with Crippen molar-refractivity contribution < 1.29 is 9.59 Å². The summed E-state index contributed by atoms with van der Waals surface area (Å²) in [4.78, 5) is 25.6. The predicted octanol–water partition coefficient (Wildman–Crippen LogP) is 2.15. The van der Waals surface area contributed by atoms with Crippen LogP contribution in [0.5, 0.6) is 0 Å². The summed E-state index contributed by atoms with van der Waals surface area (Å²) in [5.41, 5.74) is 2.58. The first-order chi connectivity index (χ1) is 12.1. The number of aromatic amines is 1. The summed E-state index contributed by atoms with van der Waals surface area (Å²) >= 11 is 1.51. The Labute approximate surface area is 149 Å². The molecule has 1 fully saturated rings. The molecule has 0 bridgehead atoms. The number of aromatic nitrogens is 3. The molecule has 2 heterocycles. The van der Waals surface area contributed by atoms with Crippen LogP contribution in [-0.2, 0) is 4.79 Å². The van der Waals surface area contributed by atoms with Gasteiger partial charge in [0.05, 0.1) is 6.20 Å². The van der Waals surface area contributed by atoms with Crippen molar-refractivity contribution in [2.45, 2.75) is 24.8 Å². The number of nitrogens with one attached hydrogen (secondary N) is 3. The number of thioether (sulfide) groups is 1. The Balaban J connectivity index is 1.48. The number of H-pyrrole nitrogens is 1. The van der Waals surface area contributed by atoms with Gasteiger partial charge in [-0.05, 0) is 37.1 Å². The Morgan fingerprint density at radius 2 is 2.32 bits per heavy atom. The van der Waals surface area contributed by atoms with Crippen molar-refractivity contribution in [1.29, 1.82) is 0 Å². The van der Waals surface area contributed by atoms with E-state index in [1.165, 1.54) is 11.8 Å². The van der Waals surface area contributed by atoms with Crippen molar-refractivity contribution in [3.05, 3.63) is 30.0 Å². The van der Waals surface area contributed by atoms with Gasteiger partial charge >= 0.3 is 6.03 Å². The highest BCUT2D eigenvalue weighted by molar-refractivity contribution is 7.99. The highest BCUT2D eigenvalue weighted by atomic mass is 32.2. The fourth-order valence-corrected chi connectivity index (χ4v) is 3.34. The molecular weight excluding hydrogens is 340 g/mol.